The number of aromatic nitrogens is 2. The van der Waals surface area contributed by atoms with Crippen LogP contribution in [0.4, 0.5) is 4.79 Å². The molecule has 246 valence electrons. The van der Waals surface area contributed by atoms with Crippen LogP contribution in [0.3, 0.4) is 0 Å². The number of methoxy groups -OCH3 is 1. The highest BCUT2D eigenvalue weighted by Crippen LogP contribution is 2.44. The van der Waals surface area contributed by atoms with E-state index in [0.717, 1.165) is 10.0 Å². The zero-order valence-corrected chi connectivity index (χ0v) is 27.8. The number of amides is 2. The molecule has 4 N–H and O–H groups in total. The lowest BCUT2D eigenvalue weighted by atomic mass is 9.98. The molecule has 47 heavy (non-hydrogen) atoms. The van der Waals surface area contributed by atoms with Crippen molar-refractivity contribution in [2.75, 3.05) is 20.3 Å². The number of unbranched alkanes of at least 4 members (excludes halogenated alkanes) is 2. The maximum Gasteiger partial charge on any atom is 0.407 e. The lowest BCUT2D eigenvalue weighted by molar-refractivity contribution is -0.144. The monoisotopic (exact) mass is 702 g/mol. The summed E-state index contributed by atoms with van der Waals surface area (Å²) < 4.78 is 11.4. The van der Waals surface area contributed by atoms with E-state index in [1.54, 1.807) is 6.20 Å². The van der Waals surface area contributed by atoms with Crippen LogP contribution in [0.25, 0.3) is 22.4 Å². The first kappa shape index (κ1) is 33.9. The Balaban J connectivity index is 1.10. The quantitative estimate of drug-likeness (QED) is 0.0828. The summed E-state index contributed by atoms with van der Waals surface area (Å²) >= 11 is 3.43. The molecule has 2 amide bonds. The summed E-state index contributed by atoms with van der Waals surface area (Å²) in [5.74, 6) is -0.183. The molecular formula is C36H39BrN4O6. The van der Waals surface area contributed by atoms with Gasteiger partial charge in [0.15, 0.2) is 0 Å². The number of aromatic amines is 1. The van der Waals surface area contributed by atoms with Gasteiger partial charge in [-0.15, -0.1) is 0 Å². The highest BCUT2D eigenvalue weighted by molar-refractivity contribution is 9.10. The molecule has 2 unspecified atom stereocenters. The summed E-state index contributed by atoms with van der Waals surface area (Å²) in [6.07, 6.45) is 3.66. The number of H-pyrrole nitrogens is 1. The number of imidazole rings is 1. The van der Waals surface area contributed by atoms with Gasteiger partial charge in [0.1, 0.15) is 18.5 Å². The van der Waals surface area contributed by atoms with Gasteiger partial charge in [-0.05, 0) is 53.6 Å². The van der Waals surface area contributed by atoms with Crippen LogP contribution in [0.15, 0.2) is 83.5 Å². The number of carbonyl (C=O) groups is 3. The van der Waals surface area contributed by atoms with Gasteiger partial charge in [-0.2, -0.15) is 0 Å². The number of nitrogens with one attached hydrogen (secondary N) is 3. The summed E-state index contributed by atoms with van der Waals surface area (Å²) in [4.78, 5) is 45.8. The molecule has 1 heterocycles. The third kappa shape index (κ3) is 8.66. The van der Waals surface area contributed by atoms with Crippen molar-refractivity contribution in [2.24, 2.45) is 0 Å². The van der Waals surface area contributed by atoms with Crippen molar-refractivity contribution < 1.29 is 29.0 Å². The summed E-state index contributed by atoms with van der Waals surface area (Å²) in [5.41, 5.74) is 6.30. The number of halogens is 1. The smallest absolute Gasteiger partial charge is 0.407 e. The normalized spacial score (nSPS) is 13.3. The fourth-order valence-corrected chi connectivity index (χ4v) is 6.18. The molecule has 0 aliphatic heterocycles. The molecule has 10 nitrogen and oxygen atoms in total. The van der Waals surface area contributed by atoms with E-state index < -0.39 is 24.1 Å². The summed E-state index contributed by atoms with van der Waals surface area (Å²) in [6.45, 7) is 0.109. The van der Waals surface area contributed by atoms with E-state index in [4.69, 9.17) is 9.47 Å². The first-order chi connectivity index (χ1) is 22.9. The van der Waals surface area contributed by atoms with Crippen molar-refractivity contribution >= 4 is 33.9 Å². The number of carbonyl (C=O) groups excluding carboxylic acids is 3. The molecule has 5 rings (SSSR count). The van der Waals surface area contributed by atoms with Gasteiger partial charge in [0.25, 0.3) is 0 Å². The summed E-state index contributed by atoms with van der Waals surface area (Å²) in [7, 11) is 1.24. The highest BCUT2D eigenvalue weighted by atomic mass is 79.9. The summed E-state index contributed by atoms with van der Waals surface area (Å²) in [5, 5.41) is 15.2. The van der Waals surface area contributed by atoms with Crippen LogP contribution in [0.5, 0.6) is 0 Å². The zero-order chi connectivity index (χ0) is 33.2. The highest BCUT2D eigenvalue weighted by Gasteiger charge is 2.29. The Morgan fingerprint density at radius 3 is 2.26 bits per heavy atom. The Kier molecular flexibility index (Phi) is 11.8. The van der Waals surface area contributed by atoms with E-state index in [1.807, 2.05) is 48.5 Å². The van der Waals surface area contributed by atoms with Gasteiger partial charge in [-0.25, -0.2) is 9.78 Å². The van der Waals surface area contributed by atoms with Crippen LogP contribution < -0.4 is 10.6 Å². The van der Waals surface area contributed by atoms with E-state index in [0.29, 0.717) is 37.2 Å². The molecule has 0 spiro atoms. The maximum absolute atomic E-state index is 13.3. The number of hydrogen-bond acceptors (Lipinski definition) is 7. The second kappa shape index (κ2) is 16.4. The van der Waals surface area contributed by atoms with Crippen LogP contribution in [-0.2, 0) is 19.1 Å². The van der Waals surface area contributed by atoms with E-state index in [1.165, 1.54) is 29.4 Å². The Bertz CT molecular complexity index is 1630. The van der Waals surface area contributed by atoms with Gasteiger partial charge < -0.3 is 30.2 Å². The van der Waals surface area contributed by atoms with E-state index in [-0.39, 0.29) is 37.9 Å². The molecule has 4 aromatic rings. The minimum absolute atomic E-state index is 0.0122. The average molecular weight is 704 g/mol. The number of nitrogens with zero attached hydrogens (tertiary/aromatic N) is 1. The van der Waals surface area contributed by atoms with Gasteiger partial charge in [0.2, 0.25) is 5.91 Å². The van der Waals surface area contributed by atoms with Gasteiger partial charge >= 0.3 is 12.1 Å². The topological polar surface area (TPSA) is 143 Å². The van der Waals surface area contributed by atoms with Crippen LogP contribution in [0.2, 0.25) is 0 Å². The number of esters is 1. The second-order valence-electron chi connectivity index (χ2n) is 11.4. The minimum atomic E-state index is -0.876. The van der Waals surface area contributed by atoms with Gasteiger partial charge in [-0.3, -0.25) is 9.59 Å². The molecule has 1 aromatic heterocycles. The molecular weight excluding hydrogens is 664 g/mol. The first-order valence-corrected chi connectivity index (χ1v) is 16.6. The van der Waals surface area contributed by atoms with Crippen LogP contribution >= 0.6 is 15.9 Å². The number of hydrogen-bond donors (Lipinski definition) is 4. The fraction of sp³-hybridized carbons (Fsp3) is 0.333. The number of fused-ring (bicyclic) bond motifs is 3. The third-order valence-corrected chi connectivity index (χ3v) is 8.87. The largest absolute Gasteiger partial charge is 0.465 e. The Labute approximate surface area is 282 Å². The van der Waals surface area contributed by atoms with Crippen LogP contribution in [0.1, 0.15) is 67.4 Å². The first-order valence-electron chi connectivity index (χ1n) is 15.8. The van der Waals surface area contributed by atoms with Crippen LogP contribution in [0, 0.1) is 0 Å². The zero-order valence-electron chi connectivity index (χ0n) is 26.2. The number of alkyl carbamates (subject to hydrolysis) is 1. The average Bonchev–Trinajstić information content (AvgIpc) is 3.70. The van der Waals surface area contributed by atoms with Gasteiger partial charge in [0.05, 0.1) is 18.8 Å². The van der Waals surface area contributed by atoms with Crippen molar-refractivity contribution in [3.63, 3.8) is 0 Å². The van der Waals surface area contributed by atoms with E-state index in [2.05, 4.69) is 60.8 Å². The van der Waals surface area contributed by atoms with Crippen molar-refractivity contribution in [1.29, 1.82) is 0 Å². The molecule has 1 aliphatic rings. The Morgan fingerprint density at radius 2 is 1.60 bits per heavy atom. The van der Waals surface area contributed by atoms with Crippen molar-refractivity contribution in [1.82, 2.24) is 20.6 Å². The predicted octanol–water partition coefficient (Wildman–Crippen LogP) is 6.41. The summed E-state index contributed by atoms with van der Waals surface area (Å²) in [6, 6.07) is 22.6. The molecule has 0 saturated heterocycles. The lowest BCUT2D eigenvalue weighted by Gasteiger charge is -2.22. The van der Waals surface area contributed by atoms with Crippen molar-refractivity contribution in [2.45, 2.75) is 56.5 Å². The second-order valence-corrected chi connectivity index (χ2v) is 12.4. The number of aliphatic hydroxyl groups excluding tert-OH is 1. The Hall–Kier alpha value is -4.48. The van der Waals surface area contributed by atoms with Crippen molar-refractivity contribution in [3.05, 3.63) is 100 Å². The molecule has 0 bridgehead atoms. The number of aliphatic hydroxyl groups is 1. The number of ether oxygens (including phenoxy) is 2. The molecule has 0 fully saturated rings. The SMILES string of the molecule is COC(=O)NC(CCCCCC(=O)OCC1c2ccccc2-c2ccccc21)C(=O)NC(CCO)c1nc(-c2ccc(Br)cc2)c[nH]1. The van der Waals surface area contributed by atoms with Gasteiger partial charge in [-0.1, -0.05) is 89.4 Å². The molecule has 11 heteroatoms. The molecule has 3 aromatic carbocycles. The number of benzene rings is 3. The maximum atomic E-state index is 13.3. The predicted molar refractivity (Wildman–Crippen MR) is 181 cm³/mol. The van der Waals surface area contributed by atoms with Gasteiger partial charge in [0, 0.05) is 35.2 Å². The molecule has 2 atom stereocenters. The minimum Gasteiger partial charge on any atom is -0.465 e. The standard InChI is InChI=1S/C36H39BrN4O6/c1-46-36(45)41-31(35(44)40-30(19-20-42)34-38-21-32(39-34)23-15-17-24(37)18-16-23)13-3-2-4-14-33(43)47-22-29-27-11-7-5-9-25(27)26-10-6-8-12-28(26)29/h5-12,15-18,21,29-31,42H,2-4,13-14,19-20,22H2,1H3,(H,38,39)(H,40,44)(H,41,45). The third-order valence-electron chi connectivity index (χ3n) is 8.34. The fourth-order valence-electron chi connectivity index (χ4n) is 5.91. The van der Waals surface area contributed by atoms with E-state index in [9.17, 15) is 19.5 Å². The molecule has 1 aliphatic carbocycles. The number of rotatable bonds is 15. The molecule has 0 saturated carbocycles. The van der Waals surface area contributed by atoms with E-state index >= 15 is 0 Å². The Morgan fingerprint density at radius 1 is 0.915 bits per heavy atom. The molecule has 0 radical (unpaired) electrons. The van der Waals surface area contributed by atoms with Crippen LogP contribution in [-0.4, -0.2) is 59.4 Å². The van der Waals surface area contributed by atoms with Crippen molar-refractivity contribution in [3.8, 4) is 22.4 Å². The lowest BCUT2D eigenvalue weighted by Crippen LogP contribution is -2.47.